The maximum Gasteiger partial charge on any atom is 0.226 e. The molecule has 1 aliphatic carbocycles. The number of nitrogens with one attached hydrogen (secondary N) is 1. The van der Waals surface area contributed by atoms with Gasteiger partial charge in [0.1, 0.15) is 0 Å². The average Bonchev–Trinajstić information content (AvgIpc) is 3.36. The molecule has 2 rings (SSSR count). The van der Waals surface area contributed by atoms with Gasteiger partial charge in [-0.1, -0.05) is 34.6 Å². The van der Waals surface area contributed by atoms with E-state index in [0.29, 0.717) is 18.9 Å². The third-order valence-electron chi connectivity index (χ3n) is 4.92. The van der Waals surface area contributed by atoms with E-state index in [0.717, 1.165) is 23.5 Å². The Morgan fingerprint density at radius 2 is 1.82 bits per heavy atom. The lowest BCUT2D eigenvalue weighted by Gasteiger charge is -2.29. The quantitative estimate of drug-likeness (QED) is 0.713. The van der Waals surface area contributed by atoms with Gasteiger partial charge in [-0.25, -0.2) is 0 Å². The Hall–Kier alpha value is -2.04. The molecule has 5 heteroatoms. The molecule has 28 heavy (non-hydrogen) atoms. The Labute approximate surface area is 170 Å². The van der Waals surface area contributed by atoms with Crippen molar-refractivity contribution in [2.45, 2.75) is 60.4 Å². The van der Waals surface area contributed by atoms with E-state index in [1.165, 1.54) is 12.8 Å². The summed E-state index contributed by atoms with van der Waals surface area (Å²) < 4.78 is 0. The second-order valence-electron chi connectivity index (χ2n) is 9.84. The summed E-state index contributed by atoms with van der Waals surface area (Å²) in [5.74, 6) is 0.773. The van der Waals surface area contributed by atoms with Gasteiger partial charge in [0.05, 0.1) is 0 Å². The molecule has 0 spiro atoms. The molecule has 1 aromatic rings. The molecule has 0 heterocycles. The molecule has 1 N–H and O–H groups in total. The highest BCUT2D eigenvalue weighted by Crippen LogP contribution is 2.33. The lowest BCUT2D eigenvalue weighted by molar-refractivity contribution is -0.134. The van der Waals surface area contributed by atoms with Crippen LogP contribution in [0.4, 0.5) is 11.4 Å². The second kappa shape index (κ2) is 8.97. The summed E-state index contributed by atoms with van der Waals surface area (Å²) in [5, 5.41) is 2.98. The highest BCUT2D eigenvalue weighted by Gasteiger charge is 2.29. The molecule has 0 aromatic heterocycles. The highest BCUT2D eigenvalue weighted by molar-refractivity contribution is 5.92. The predicted molar refractivity (Wildman–Crippen MR) is 116 cm³/mol. The second-order valence-corrected chi connectivity index (χ2v) is 9.84. The van der Waals surface area contributed by atoms with E-state index >= 15 is 0 Å². The summed E-state index contributed by atoms with van der Waals surface area (Å²) in [6.45, 7) is 11.5. The van der Waals surface area contributed by atoms with E-state index in [2.05, 4.69) is 31.0 Å². The SMILES string of the molecule is CC(C)C(=O)Nc1ccc(N(C)C)c(CN(CC2CC2)C(=O)CC(C)(C)C)c1. The van der Waals surface area contributed by atoms with Gasteiger partial charge in [-0.2, -0.15) is 0 Å². The zero-order valence-corrected chi connectivity index (χ0v) is 18.6. The van der Waals surface area contributed by atoms with Crippen molar-refractivity contribution < 1.29 is 9.59 Å². The van der Waals surface area contributed by atoms with Gasteiger partial charge in [0, 0.05) is 50.9 Å². The standard InChI is InChI=1S/C23H37N3O2/c1-16(2)22(28)24-19-10-11-20(25(6)7)18(12-19)15-26(14-17-8-9-17)21(27)13-23(3,4)5/h10-12,16-17H,8-9,13-15H2,1-7H3,(H,24,28). The summed E-state index contributed by atoms with van der Waals surface area (Å²) in [6.07, 6.45) is 2.97. The molecule has 0 radical (unpaired) electrons. The van der Waals surface area contributed by atoms with Gasteiger partial charge in [0.15, 0.2) is 0 Å². The minimum atomic E-state index is -0.0725. The van der Waals surface area contributed by atoms with Crippen LogP contribution in [0.3, 0.4) is 0 Å². The number of nitrogens with zero attached hydrogens (tertiary/aromatic N) is 2. The first-order valence-corrected chi connectivity index (χ1v) is 10.3. The fourth-order valence-corrected chi connectivity index (χ4v) is 3.15. The van der Waals surface area contributed by atoms with E-state index in [4.69, 9.17) is 0 Å². The van der Waals surface area contributed by atoms with Crippen LogP contribution in [0.15, 0.2) is 18.2 Å². The Kier molecular flexibility index (Phi) is 7.13. The Morgan fingerprint density at radius 3 is 2.32 bits per heavy atom. The molecular formula is C23H37N3O2. The van der Waals surface area contributed by atoms with Crippen molar-refractivity contribution in [3.8, 4) is 0 Å². The third kappa shape index (κ3) is 6.84. The van der Waals surface area contributed by atoms with Crippen LogP contribution in [0.5, 0.6) is 0 Å². The summed E-state index contributed by atoms with van der Waals surface area (Å²) in [7, 11) is 4.01. The van der Waals surface area contributed by atoms with Gasteiger partial charge in [-0.3, -0.25) is 9.59 Å². The largest absolute Gasteiger partial charge is 0.377 e. The normalized spacial score (nSPS) is 14.1. The van der Waals surface area contributed by atoms with Gasteiger partial charge in [-0.15, -0.1) is 0 Å². The first-order chi connectivity index (χ1) is 13.0. The number of benzene rings is 1. The molecule has 0 saturated heterocycles. The molecular weight excluding hydrogens is 350 g/mol. The first kappa shape index (κ1) is 22.3. The number of amides is 2. The minimum Gasteiger partial charge on any atom is -0.377 e. The topological polar surface area (TPSA) is 52.7 Å². The highest BCUT2D eigenvalue weighted by atomic mass is 16.2. The smallest absolute Gasteiger partial charge is 0.226 e. The van der Waals surface area contributed by atoms with Crippen molar-refractivity contribution in [2.75, 3.05) is 30.9 Å². The average molecular weight is 388 g/mol. The minimum absolute atomic E-state index is 0.00204. The fraction of sp³-hybridized carbons (Fsp3) is 0.652. The van der Waals surface area contributed by atoms with Crippen LogP contribution in [-0.4, -0.2) is 37.4 Å². The Morgan fingerprint density at radius 1 is 1.18 bits per heavy atom. The molecule has 0 unspecified atom stereocenters. The molecule has 1 aromatic carbocycles. The summed E-state index contributed by atoms with van der Waals surface area (Å²) >= 11 is 0. The summed E-state index contributed by atoms with van der Waals surface area (Å²) in [5.41, 5.74) is 2.89. The van der Waals surface area contributed by atoms with E-state index in [1.54, 1.807) is 0 Å². The molecule has 1 fully saturated rings. The van der Waals surface area contributed by atoms with E-state index < -0.39 is 0 Å². The number of hydrogen-bond acceptors (Lipinski definition) is 3. The van der Waals surface area contributed by atoms with Crippen molar-refractivity contribution in [3.05, 3.63) is 23.8 Å². The lowest BCUT2D eigenvalue weighted by Crippen LogP contribution is -2.35. The van der Waals surface area contributed by atoms with E-state index in [1.807, 2.05) is 51.0 Å². The van der Waals surface area contributed by atoms with Gasteiger partial charge in [-0.05, 0) is 47.9 Å². The van der Waals surface area contributed by atoms with Gasteiger partial charge >= 0.3 is 0 Å². The number of carbonyl (C=O) groups is 2. The van der Waals surface area contributed by atoms with Crippen LogP contribution in [0.1, 0.15) is 59.4 Å². The molecule has 156 valence electrons. The van der Waals surface area contributed by atoms with Gasteiger partial charge < -0.3 is 15.1 Å². The molecule has 1 aliphatic rings. The molecule has 0 aliphatic heterocycles. The molecule has 2 amide bonds. The van der Waals surface area contributed by atoms with Crippen molar-refractivity contribution >= 4 is 23.2 Å². The maximum atomic E-state index is 13.0. The first-order valence-electron chi connectivity index (χ1n) is 10.3. The van der Waals surface area contributed by atoms with Crippen molar-refractivity contribution in [3.63, 3.8) is 0 Å². The number of anilines is 2. The van der Waals surface area contributed by atoms with Gasteiger partial charge in [0.2, 0.25) is 11.8 Å². The third-order valence-corrected chi connectivity index (χ3v) is 4.92. The Bertz CT molecular complexity index is 700. The monoisotopic (exact) mass is 387 g/mol. The van der Waals surface area contributed by atoms with Crippen molar-refractivity contribution in [1.29, 1.82) is 0 Å². The van der Waals surface area contributed by atoms with Gasteiger partial charge in [0.25, 0.3) is 0 Å². The van der Waals surface area contributed by atoms with E-state index in [9.17, 15) is 9.59 Å². The number of carbonyl (C=O) groups excluding carboxylic acids is 2. The van der Waals surface area contributed by atoms with Crippen LogP contribution < -0.4 is 10.2 Å². The number of hydrogen-bond donors (Lipinski definition) is 1. The zero-order chi connectivity index (χ0) is 21.1. The molecule has 0 bridgehead atoms. The maximum absolute atomic E-state index is 13.0. The Balaban J connectivity index is 2.26. The zero-order valence-electron chi connectivity index (χ0n) is 18.6. The summed E-state index contributed by atoms with van der Waals surface area (Å²) in [4.78, 5) is 29.2. The van der Waals surface area contributed by atoms with Crippen LogP contribution in [-0.2, 0) is 16.1 Å². The van der Waals surface area contributed by atoms with Crippen molar-refractivity contribution in [2.24, 2.45) is 17.3 Å². The summed E-state index contributed by atoms with van der Waals surface area (Å²) in [6, 6.07) is 5.97. The molecule has 0 atom stereocenters. The van der Waals surface area contributed by atoms with Crippen LogP contribution in [0.25, 0.3) is 0 Å². The molecule has 1 saturated carbocycles. The molecule has 5 nitrogen and oxygen atoms in total. The van der Waals surface area contributed by atoms with Crippen LogP contribution in [0, 0.1) is 17.3 Å². The van der Waals surface area contributed by atoms with Crippen LogP contribution in [0.2, 0.25) is 0 Å². The van der Waals surface area contributed by atoms with E-state index in [-0.39, 0.29) is 23.1 Å². The predicted octanol–water partition coefficient (Wildman–Crippen LogP) is 4.52. The fourth-order valence-electron chi connectivity index (χ4n) is 3.15. The van der Waals surface area contributed by atoms with Crippen molar-refractivity contribution in [1.82, 2.24) is 4.90 Å². The van der Waals surface area contributed by atoms with Crippen LogP contribution >= 0.6 is 0 Å². The number of rotatable bonds is 8. The lowest BCUT2D eigenvalue weighted by atomic mass is 9.91.